The van der Waals surface area contributed by atoms with Gasteiger partial charge >= 0.3 is 6.09 Å². The van der Waals surface area contributed by atoms with Gasteiger partial charge in [-0.25, -0.2) is 9.18 Å². The second-order valence-corrected chi connectivity index (χ2v) is 6.97. The molecular weight excluding hydrogens is 351 g/mol. The molecule has 0 bridgehead atoms. The molecule has 0 spiro atoms. The number of anilines is 2. The minimum atomic E-state index is -0.708. The Hall–Kier alpha value is -3.09. The van der Waals surface area contributed by atoms with Gasteiger partial charge in [0.2, 0.25) is 0 Å². The average Bonchev–Trinajstić information content (AvgIpc) is 2.54. The third kappa shape index (κ3) is 6.97. The molecule has 0 radical (unpaired) electrons. The molecule has 0 aliphatic heterocycles. The quantitative estimate of drug-likeness (QED) is 0.808. The monoisotopic (exact) mass is 374 g/mol. The Balaban J connectivity index is 2.03. The molecule has 0 fully saturated rings. The lowest BCUT2D eigenvalue weighted by atomic mass is 10.2. The molecule has 0 atom stereocenters. The molecule has 144 valence electrons. The summed E-state index contributed by atoms with van der Waals surface area (Å²) in [6.45, 7) is 6.83. The molecule has 7 heteroatoms. The van der Waals surface area contributed by atoms with Crippen LogP contribution in [-0.4, -0.2) is 24.2 Å². The van der Waals surface area contributed by atoms with Crippen molar-refractivity contribution in [2.45, 2.75) is 33.3 Å². The van der Waals surface area contributed by atoms with E-state index in [0.29, 0.717) is 5.75 Å². The van der Waals surface area contributed by atoms with E-state index in [1.165, 1.54) is 12.1 Å². The molecule has 2 N–H and O–H groups in total. The first-order valence-electron chi connectivity index (χ1n) is 8.41. The summed E-state index contributed by atoms with van der Waals surface area (Å²) < 4.78 is 24.2. The van der Waals surface area contributed by atoms with Gasteiger partial charge in [0.05, 0.1) is 11.4 Å². The van der Waals surface area contributed by atoms with E-state index in [1.54, 1.807) is 32.9 Å². The summed E-state index contributed by atoms with van der Waals surface area (Å²) in [5, 5.41) is 5.03. The van der Waals surface area contributed by atoms with Crippen LogP contribution in [0.15, 0.2) is 42.5 Å². The van der Waals surface area contributed by atoms with E-state index in [2.05, 4.69) is 10.6 Å². The van der Waals surface area contributed by atoms with E-state index in [9.17, 15) is 14.0 Å². The zero-order valence-electron chi connectivity index (χ0n) is 15.8. The fourth-order valence-electron chi connectivity index (χ4n) is 2.18. The van der Waals surface area contributed by atoms with Crippen LogP contribution in [0.3, 0.4) is 0 Å². The number of benzene rings is 2. The fraction of sp³-hybridized carbons (Fsp3) is 0.300. The molecule has 0 saturated heterocycles. The third-order valence-electron chi connectivity index (χ3n) is 3.25. The lowest BCUT2D eigenvalue weighted by molar-refractivity contribution is -0.118. The van der Waals surface area contributed by atoms with Gasteiger partial charge in [0.1, 0.15) is 17.2 Å². The van der Waals surface area contributed by atoms with Crippen molar-refractivity contribution in [2.75, 3.05) is 17.2 Å². The van der Waals surface area contributed by atoms with Crippen molar-refractivity contribution in [3.63, 3.8) is 0 Å². The number of amides is 2. The van der Waals surface area contributed by atoms with Crippen molar-refractivity contribution in [3.05, 3.63) is 53.8 Å². The second kappa shape index (κ2) is 8.53. The first-order chi connectivity index (χ1) is 12.6. The van der Waals surface area contributed by atoms with E-state index in [4.69, 9.17) is 9.47 Å². The molecule has 0 aliphatic carbocycles. The van der Waals surface area contributed by atoms with Gasteiger partial charge in [0.25, 0.3) is 5.91 Å². The topological polar surface area (TPSA) is 76.7 Å². The summed E-state index contributed by atoms with van der Waals surface area (Å²) >= 11 is 0. The molecular formula is C20H23FN2O4. The van der Waals surface area contributed by atoms with Crippen LogP contribution < -0.4 is 15.4 Å². The molecule has 6 nitrogen and oxygen atoms in total. The number of nitrogens with one attached hydrogen (secondary N) is 2. The number of aryl methyl sites for hydroxylation is 1. The number of hydrogen-bond donors (Lipinski definition) is 2. The highest BCUT2D eigenvalue weighted by atomic mass is 19.1. The van der Waals surface area contributed by atoms with Gasteiger partial charge < -0.3 is 14.8 Å². The average molecular weight is 374 g/mol. The van der Waals surface area contributed by atoms with Crippen molar-refractivity contribution in [2.24, 2.45) is 0 Å². The molecule has 2 aromatic carbocycles. The molecule has 0 aromatic heterocycles. The summed E-state index contributed by atoms with van der Waals surface area (Å²) in [7, 11) is 0. The van der Waals surface area contributed by atoms with Gasteiger partial charge in [0, 0.05) is 0 Å². The Kier molecular flexibility index (Phi) is 6.39. The zero-order valence-corrected chi connectivity index (χ0v) is 15.8. The zero-order chi connectivity index (χ0) is 20.0. The van der Waals surface area contributed by atoms with Crippen LogP contribution >= 0.6 is 0 Å². The summed E-state index contributed by atoms with van der Waals surface area (Å²) in [5.74, 6) is -0.495. The molecule has 2 rings (SSSR count). The van der Waals surface area contributed by atoms with Crippen LogP contribution in [0, 0.1) is 12.7 Å². The predicted octanol–water partition coefficient (Wildman–Crippen LogP) is 4.50. The fourth-order valence-corrected chi connectivity index (χ4v) is 2.18. The molecule has 2 aromatic rings. The van der Waals surface area contributed by atoms with E-state index >= 15 is 0 Å². The standard InChI is InChI=1S/C20H23FN2O4/c1-13-6-5-7-15(10-13)26-12-18(24)22-17-11-14(21)8-9-16(17)23-19(25)27-20(2,3)4/h5-11H,12H2,1-4H3,(H,22,24)(H,23,25). The number of ether oxygens (including phenoxy) is 2. The van der Waals surface area contributed by atoms with Crippen LogP contribution in [0.4, 0.5) is 20.6 Å². The first-order valence-corrected chi connectivity index (χ1v) is 8.41. The maximum absolute atomic E-state index is 13.6. The minimum Gasteiger partial charge on any atom is -0.484 e. The van der Waals surface area contributed by atoms with Gasteiger partial charge in [-0.1, -0.05) is 12.1 Å². The van der Waals surface area contributed by atoms with Crippen LogP contribution in [0.1, 0.15) is 26.3 Å². The van der Waals surface area contributed by atoms with E-state index in [-0.39, 0.29) is 18.0 Å². The number of carbonyl (C=O) groups excluding carboxylic acids is 2. The predicted molar refractivity (Wildman–Crippen MR) is 102 cm³/mol. The Morgan fingerprint density at radius 1 is 1.04 bits per heavy atom. The van der Waals surface area contributed by atoms with Crippen molar-refractivity contribution in [1.82, 2.24) is 0 Å². The van der Waals surface area contributed by atoms with Crippen molar-refractivity contribution >= 4 is 23.4 Å². The van der Waals surface area contributed by atoms with Gasteiger partial charge in [-0.05, 0) is 63.6 Å². The summed E-state index contributed by atoms with van der Waals surface area (Å²) in [5.41, 5.74) is 0.643. The molecule has 0 saturated carbocycles. The maximum atomic E-state index is 13.6. The Bertz CT molecular complexity index is 831. The number of rotatable bonds is 5. The van der Waals surface area contributed by atoms with Crippen LogP contribution in [0.2, 0.25) is 0 Å². The first kappa shape index (κ1) is 20.2. The normalized spacial score (nSPS) is 10.9. The van der Waals surface area contributed by atoms with Crippen LogP contribution in [-0.2, 0) is 9.53 Å². The number of carbonyl (C=O) groups is 2. The highest BCUT2D eigenvalue weighted by Gasteiger charge is 2.18. The molecule has 0 aliphatic rings. The van der Waals surface area contributed by atoms with Crippen molar-refractivity contribution in [3.8, 4) is 5.75 Å². The largest absolute Gasteiger partial charge is 0.484 e. The summed E-state index contributed by atoms with van der Waals surface area (Å²) in [6.07, 6.45) is -0.708. The molecule has 0 unspecified atom stereocenters. The van der Waals surface area contributed by atoms with Gasteiger partial charge in [0.15, 0.2) is 6.61 Å². The molecule has 2 amide bonds. The van der Waals surface area contributed by atoms with Gasteiger partial charge in [-0.2, -0.15) is 0 Å². The summed E-state index contributed by atoms with van der Waals surface area (Å²) in [6, 6.07) is 10.9. The molecule has 0 heterocycles. The lowest BCUT2D eigenvalue weighted by Crippen LogP contribution is -2.28. The smallest absolute Gasteiger partial charge is 0.412 e. The van der Waals surface area contributed by atoms with Crippen LogP contribution in [0.25, 0.3) is 0 Å². The Labute approximate surface area is 157 Å². The van der Waals surface area contributed by atoms with E-state index in [1.807, 2.05) is 19.1 Å². The van der Waals surface area contributed by atoms with Gasteiger partial charge in [-0.15, -0.1) is 0 Å². The maximum Gasteiger partial charge on any atom is 0.412 e. The van der Waals surface area contributed by atoms with Crippen LogP contribution in [0.5, 0.6) is 5.75 Å². The third-order valence-corrected chi connectivity index (χ3v) is 3.25. The Morgan fingerprint density at radius 3 is 2.44 bits per heavy atom. The minimum absolute atomic E-state index is 0.110. The Morgan fingerprint density at radius 2 is 1.78 bits per heavy atom. The second-order valence-electron chi connectivity index (χ2n) is 6.97. The van der Waals surface area contributed by atoms with E-state index in [0.717, 1.165) is 11.6 Å². The summed E-state index contributed by atoms with van der Waals surface area (Å²) in [4.78, 5) is 24.1. The highest BCUT2D eigenvalue weighted by Crippen LogP contribution is 2.24. The van der Waals surface area contributed by atoms with Gasteiger partial charge in [-0.3, -0.25) is 10.1 Å². The highest BCUT2D eigenvalue weighted by molar-refractivity contribution is 5.98. The van der Waals surface area contributed by atoms with Crippen molar-refractivity contribution < 1.29 is 23.5 Å². The number of hydrogen-bond acceptors (Lipinski definition) is 4. The lowest BCUT2D eigenvalue weighted by Gasteiger charge is -2.20. The molecule has 27 heavy (non-hydrogen) atoms. The van der Waals surface area contributed by atoms with Crippen molar-refractivity contribution in [1.29, 1.82) is 0 Å². The van der Waals surface area contributed by atoms with E-state index < -0.39 is 23.4 Å². The SMILES string of the molecule is Cc1cccc(OCC(=O)Nc2cc(F)ccc2NC(=O)OC(C)(C)C)c1. The number of halogens is 1.